The van der Waals surface area contributed by atoms with Gasteiger partial charge in [-0.05, 0) is 24.8 Å². The van der Waals surface area contributed by atoms with E-state index in [2.05, 4.69) is 12.2 Å². The van der Waals surface area contributed by atoms with Crippen molar-refractivity contribution in [2.45, 2.75) is 51.6 Å². The first kappa shape index (κ1) is 12.4. The van der Waals surface area contributed by atoms with E-state index in [-0.39, 0.29) is 0 Å². The van der Waals surface area contributed by atoms with Crippen molar-refractivity contribution in [1.29, 1.82) is 0 Å². The Morgan fingerprint density at radius 1 is 1.24 bits per heavy atom. The van der Waals surface area contributed by atoms with Gasteiger partial charge in [0.2, 0.25) is 0 Å². The van der Waals surface area contributed by atoms with Crippen LogP contribution in [0.4, 0.5) is 0 Å². The maximum atomic E-state index is 9.72. The fourth-order valence-electron chi connectivity index (χ4n) is 2.87. The van der Waals surface area contributed by atoms with E-state index in [0.29, 0.717) is 11.8 Å². The van der Waals surface area contributed by atoms with E-state index in [1.165, 1.54) is 32.1 Å². The predicted octanol–water partition coefficient (Wildman–Crippen LogP) is 3.45. The molecule has 2 heteroatoms. The van der Waals surface area contributed by atoms with Crippen molar-refractivity contribution in [1.82, 2.24) is 5.32 Å². The van der Waals surface area contributed by atoms with Gasteiger partial charge in [0.25, 0.3) is 0 Å². The van der Waals surface area contributed by atoms with Crippen molar-refractivity contribution in [3.05, 3.63) is 29.8 Å². The SMILES string of the molecule is CCC1CCCCC1NCc1ccccc1O. The molecule has 2 rings (SSSR count). The highest BCUT2D eigenvalue weighted by Gasteiger charge is 2.22. The lowest BCUT2D eigenvalue weighted by molar-refractivity contribution is 0.253. The fraction of sp³-hybridized carbons (Fsp3) is 0.600. The van der Waals surface area contributed by atoms with Crippen LogP contribution in [0.3, 0.4) is 0 Å². The van der Waals surface area contributed by atoms with Gasteiger partial charge in [0.15, 0.2) is 0 Å². The van der Waals surface area contributed by atoms with E-state index >= 15 is 0 Å². The molecule has 0 amide bonds. The minimum atomic E-state index is 0.406. The van der Waals surface area contributed by atoms with E-state index < -0.39 is 0 Å². The summed E-state index contributed by atoms with van der Waals surface area (Å²) < 4.78 is 0. The smallest absolute Gasteiger partial charge is 0.120 e. The van der Waals surface area contributed by atoms with Crippen LogP contribution in [0.15, 0.2) is 24.3 Å². The third-order valence-corrected chi connectivity index (χ3v) is 3.98. The molecule has 1 aliphatic rings. The molecule has 1 saturated carbocycles. The summed E-state index contributed by atoms with van der Waals surface area (Å²) in [6, 6.07) is 8.23. The lowest BCUT2D eigenvalue weighted by atomic mass is 9.83. The highest BCUT2D eigenvalue weighted by molar-refractivity contribution is 5.31. The maximum absolute atomic E-state index is 9.72. The second kappa shape index (κ2) is 6.06. The molecule has 0 radical (unpaired) electrons. The van der Waals surface area contributed by atoms with E-state index in [1.54, 1.807) is 6.07 Å². The van der Waals surface area contributed by atoms with Crippen LogP contribution in [-0.4, -0.2) is 11.1 Å². The summed E-state index contributed by atoms with van der Waals surface area (Å²) in [6.45, 7) is 3.07. The van der Waals surface area contributed by atoms with Gasteiger partial charge >= 0.3 is 0 Å². The highest BCUT2D eigenvalue weighted by Crippen LogP contribution is 2.27. The standard InChI is InChI=1S/C15H23NO/c1-2-12-7-3-5-9-14(12)16-11-13-8-4-6-10-15(13)17/h4,6,8,10,12,14,16-17H,2-3,5,7,9,11H2,1H3. The van der Waals surface area contributed by atoms with E-state index in [9.17, 15) is 5.11 Å². The first-order valence-corrected chi connectivity index (χ1v) is 6.81. The first-order valence-electron chi connectivity index (χ1n) is 6.81. The summed E-state index contributed by atoms with van der Waals surface area (Å²) >= 11 is 0. The second-order valence-corrected chi connectivity index (χ2v) is 5.07. The molecule has 1 fully saturated rings. The highest BCUT2D eigenvalue weighted by atomic mass is 16.3. The second-order valence-electron chi connectivity index (χ2n) is 5.07. The molecule has 0 heterocycles. The van der Waals surface area contributed by atoms with Crippen molar-refractivity contribution in [2.75, 3.05) is 0 Å². The van der Waals surface area contributed by atoms with Gasteiger partial charge in [0, 0.05) is 18.2 Å². The molecule has 2 atom stereocenters. The molecule has 94 valence electrons. The van der Waals surface area contributed by atoms with Gasteiger partial charge in [-0.25, -0.2) is 0 Å². The van der Waals surface area contributed by atoms with Crippen LogP contribution in [0.5, 0.6) is 5.75 Å². The average Bonchev–Trinajstić information content (AvgIpc) is 2.38. The van der Waals surface area contributed by atoms with Crippen LogP contribution in [0.2, 0.25) is 0 Å². The molecule has 0 bridgehead atoms. The molecule has 17 heavy (non-hydrogen) atoms. The predicted molar refractivity (Wildman–Crippen MR) is 71.0 cm³/mol. The topological polar surface area (TPSA) is 32.3 Å². The van der Waals surface area contributed by atoms with Gasteiger partial charge in [-0.3, -0.25) is 0 Å². The molecule has 2 nitrogen and oxygen atoms in total. The van der Waals surface area contributed by atoms with Crippen LogP contribution in [-0.2, 0) is 6.54 Å². The molecule has 1 aromatic carbocycles. The first-order chi connectivity index (χ1) is 8.31. The third kappa shape index (κ3) is 3.22. The lowest BCUT2D eigenvalue weighted by Crippen LogP contribution is -2.37. The number of hydrogen-bond acceptors (Lipinski definition) is 2. The van der Waals surface area contributed by atoms with Crippen LogP contribution in [0.25, 0.3) is 0 Å². The molecular weight excluding hydrogens is 210 g/mol. The van der Waals surface area contributed by atoms with E-state index in [1.807, 2.05) is 18.2 Å². The summed E-state index contributed by atoms with van der Waals surface area (Å²) in [5, 5.41) is 13.3. The Bertz CT molecular complexity index is 351. The number of benzene rings is 1. The Labute approximate surface area is 104 Å². The molecule has 1 aliphatic carbocycles. The Morgan fingerprint density at radius 3 is 2.76 bits per heavy atom. The molecular formula is C15H23NO. The maximum Gasteiger partial charge on any atom is 0.120 e. The van der Waals surface area contributed by atoms with Crippen LogP contribution >= 0.6 is 0 Å². The Hall–Kier alpha value is -1.02. The van der Waals surface area contributed by atoms with Crippen molar-refractivity contribution in [3.63, 3.8) is 0 Å². The number of para-hydroxylation sites is 1. The van der Waals surface area contributed by atoms with Gasteiger partial charge in [-0.15, -0.1) is 0 Å². The number of phenols is 1. The van der Waals surface area contributed by atoms with Crippen molar-refractivity contribution in [3.8, 4) is 5.75 Å². The van der Waals surface area contributed by atoms with Gasteiger partial charge in [0.1, 0.15) is 5.75 Å². The minimum absolute atomic E-state index is 0.406. The summed E-state index contributed by atoms with van der Waals surface area (Å²) in [7, 11) is 0. The summed E-state index contributed by atoms with van der Waals surface area (Å²) in [5.41, 5.74) is 1.01. The summed E-state index contributed by atoms with van der Waals surface area (Å²) in [6.07, 6.45) is 6.63. The number of phenolic OH excluding ortho intramolecular Hbond substituents is 1. The Kier molecular flexibility index (Phi) is 4.43. The molecule has 0 aliphatic heterocycles. The van der Waals surface area contributed by atoms with Crippen LogP contribution in [0, 0.1) is 5.92 Å². The molecule has 2 unspecified atom stereocenters. The molecule has 0 spiro atoms. The van der Waals surface area contributed by atoms with E-state index in [0.717, 1.165) is 18.0 Å². The average molecular weight is 233 g/mol. The zero-order valence-electron chi connectivity index (χ0n) is 10.7. The number of hydrogen-bond donors (Lipinski definition) is 2. The molecule has 2 N–H and O–H groups in total. The minimum Gasteiger partial charge on any atom is -0.508 e. The number of nitrogens with one attached hydrogen (secondary N) is 1. The molecule has 1 aromatic rings. The van der Waals surface area contributed by atoms with Gasteiger partial charge < -0.3 is 10.4 Å². The van der Waals surface area contributed by atoms with Gasteiger partial charge in [-0.2, -0.15) is 0 Å². The normalized spacial score (nSPS) is 24.8. The Balaban J connectivity index is 1.90. The zero-order chi connectivity index (χ0) is 12.1. The van der Waals surface area contributed by atoms with Crippen LogP contribution in [0.1, 0.15) is 44.6 Å². The van der Waals surface area contributed by atoms with Gasteiger partial charge in [0.05, 0.1) is 0 Å². The van der Waals surface area contributed by atoms with Crippen molar-refractivity contribution >= 4 is 0 Å². The monoisotopic (exact) mass is 233 g/mol. The van der Waals surface area contributed by atoms with Crippen molar-refractivity contribution < 1.29 is 5.11 Å². The van der Waals surface area contributed by atoms with Crippen LogP contribution < -0.4 is 5.32 Å². The number of aromatic hydroxyl groups is 1. The molecule has 0 saturated heterocycles. The van der Waals surface area contributed by atoms with Gasteiger partial charge in [-0.1, -0.05) is 44.4 Å². The number of rotatable bonds is 4. The largest absolute Gasteiger partial charge is 0.508 e. The Morgan fingerprint density at radius 2 is 2.00 bits per heavy atom. The molecule has 0 aromatic heterocycles. The summed E-state index contributed by atoms with van der Waals surface area (Å²) in [5.74, 6) is 1.22. The quantitative estimate of drug-likeness (QED) is 0.835. The van der Waals surface area contributed by atoms with Crippen molar-refractivity contribution in [2.24, 2.45) is 5.92 Å². The van der Waals surface area contributed by atoms with E-state index in [4.69, 9.17) is 0 Å². The fourth-order valence-corrected chi connectivity index (χ4v) is 2.87. The lowest BCUT2D eigenvalue weighted by Gasteiger charge is -2.31. The zero-order valence-corrected chi connectivity index (χ0v) is 10.7. The summed E-state index contributed by atoms with van der Waals surface area (Å²) in [4.78, 5) is 0. The third-order valence-electron chi connectivity index (χ3n) is 3.98.